The summed E-state index contributed by atoms with van der Waals surface area (Å²) in [5.41, 5.74) is 1.24. The van der Waals surface area contributed by atoms with Gasteiger partial charge in [-0.05, 0) is 24.3 Å². The van der Waals surface area contributed by atoms with E-state index < -0.39 is 9.85 Å². The van der Waals surface area contributed by atoms with Gasteiger partial charge in [-0.3, -0.25) is 25.0 Å². The van der Waals surface area contributed by atoms with Gasteiger partial charge in [-0.15, -0.1) is 0 Å². The van der Waals surface area contributed by atoms with Gasteiger partial charge in [-0.25, -0.2) is 0 Å². The summed E-state index contributed by atoms with van der Waals surface area (Å²) >= 11 is 0. The summed E-state index contributed by atoms with van der Waals surface area (Å²) in [5.74, 6) is -0.207. The van der Waals surface area contributed by atoms with Gasteiger partial charge in [0.2, 0.25) is 5.91 Å². The van der Waals surface area contributed by atoms with Crippen molar-refractivity contribution in [2.75, 3.05) is 31.1 Å². The Morgan fingerprint density at radius 2 is 1.54 bits per heavy atom. The highest BCUT2D eigenvalue weighted by Crippen LogP contribution is 2.21. The maximum atomic E-state index is 12.4. The largest absolute Gasteiger partial charge is 0.368 e. The summed E-state index contributed by atoms with van der Waals surface area (Å²) in [4.78, 5) is 37.0. The number of carbonyl (C=O) groups is 1. The topological polar surface area (TPSA) is 110 Å². The normalized spacial score (nSPS) is 14.3. The van der Waals surface area contributed by atoms with Crippen LogP contribution in [0.5, 0.6) is 0 Å². The zero-order chi connectivity index (χ0) is 20.1. The molecule has 1 fully saturated rings. The molecule has 1 aliphatic rings. The number of anilines is 1. The zero-order valence-electron chi connectivity index (χ0n) is 14.9. The molecule has 1 heterocycles. The summed E-state index contributed by atoms with van der Waals surface area (Å²) in [7, 11) is 0. The Balaban J connectivity index is 1.59. The van der Waals surface area contributed by atoms with Crippen molar-refractivity contribution in [3.8, 4) is 0 Å². The molecule has 0 bridgehead atoms. The van der Waals surface area contributed by atoms with Crippen LogP contribution in [-0.4, -0.2) is 46.8 Å². The van der Waals surface area contributed by atoms with Gasteiger partial charge in [0.15, 0.2) is 0 Å². The Labute approximate surface area is 160 Å². The van der Waals surface area contributed by atoms with E-state index in [9.17, 15) is 25.0 Å². The lowest BCUT2D eigenvalue weighted by atomic mass is 10.1. The molecular formula is C19H18N4O5. The van der Waals surface area contributed by atoms with Gasteiger partial charge in [0.1, 0.15) is 0 Å². The van der Waals surface area contributed by atoms with Gasteiger partial charge >= 0.3 is 0 Å². The van der Waals surface area contributed by atoms with Gasteiger partial charge < -0.3 is 9.80 Å². The molecule has 1 aliphatic heterocycles. The molecule has 1 amide bonds. The number of non-ortho nitro benzene ring substituents is 1. The quantitative estimate of drug-likeness (QED) is 0.447. The molecule has 0 aromatic heterocycles. The third kappa shape index (κ3) is 4.32. The summed E-state index contributed by atoms with van der Waals surface area (Å²) < 4.78 is 0. The van der Waals surface area contributed by atoms with E-state index in [0.717, 1.165) is 5.69 Å². The minimum atomic E-state index is -0.479. The van der Waals surface area contributed by atoms with Gasteiger partial charge in [0.25, 0.3) is 11.4 Å². The second kappa shape index (κ2) is 8.30. The number of nitro groups is 2. The number of nitrogens with zero attached hydrogens (tertiary/aromatic N) is 4. The first-order valence-electron chi connectivity index (χ1n) is 8.65. The highest BCUT2D eigenvalue weighted by atomic mass is 16.6. The van der Waals surface area contributed by atoms with E-state index >= 15 is 0 Å². The molecule has 9 nitrogen and oxygen atoms in total. The van der Waals surface area contributed by atoms with Crippen LogP contribution in [0, 0.1) is 20.2 Å². The Bertz CT molecular complexity index is 918. The molecule has 0 aliphatic carbocycles. The summed E-state index contributed by atoms with van der Waals surface area (Å²) in [6.45, 7) is 2.19. The molecule has 0 spiro atoms. The molecule has 9 heteroatoms. The molecule has 3 rings (SSSR count). The molecule has 0 N–H and O–H groups in total. The molecule has 0 atom stereocenters. The molecule has 0 radical (unpaired) electrons. The van der Waals surface area contributed by atoms with Crippen LogP contribution in [0.1, 0.15) is 5.56 Å². The minimum Gasteiger partial charge on any atom is -0.368 e. The molecule has 0 unspecified atom stereocenters. The molecule has 1 saturated heterocycles. The zero-order valence-corrected chi connectivity index (χ0v) is 14.9. The lowest BCUT2D eigenvalue weighted by Gasteiger charge is -2.35. The number of amides is 1. The van der Waals surface area contributed by atoms with Crippen LogP contribution in [0.25, 0.3) is 6.08 Å². The fourth-order valence-electron chi connectivity index (χ4n) is 3.03. The molecular weight excluding hydrogens is 364 g/mol. The van der Waals surface area contributed by atoms with Gasteiger partial charge in [-0.2, -0.15) is 0 Å². The van der Waals surface area contributed by atoms with Crippen molar-refractivity contribution in [2.24, 2.45) is 0 Å². The van der Waals surface area contributed by atoms with E-state index in [1.54, 1.807) is 35.2 Å². The Morgan fingerprint density at radius 1 is 0.893 bits per heavy atom. The molecule has 2 aromatic carbocycles. The number of benzene rings is 2. The van der Waals surface area contributed by atoms with E-state index in [0.29, 0.717) is 31.7 Å². The average Bonchev–Trinajstić information content (AvgIpc) is 2.72. The second-order valence-electron chi connectivity index (χ2n) is 6.24. The monoisotopic (exact) mass is 382 g/mol. The number of piperazine rings is 1. The standard InChI is InChI=1S/C19H18N4O5/c24-19(10-5-15-3-1-2-4-18(15)23(27)28)21-13-11-20(12-14-21)16-6-8-17(9-7-16)22(25)26/h1-10H,11-14H2/b10-5+. The van der Waals surface area contributed by atoms with Crippen LogP contribution in [0.4, 0.5) is 17.1 Å². The lowest BCUT2D eigenvalue weighted by Crippen LogP contribution is -2.48. The number of nitro benzene ring substituents is 2. The highest BCUT2D eigenvalue weighted by molar-refractivity contribution is 5.92. The fourth-order valence-corrected chi connectivity index (χ4v) is 3.03. The highest BCUT2D eigenvalue weighted by Gasteiger charge is 2.20. The van der Waals surface area contributed by atoms with Crippen molar-refractivity contribution >= 4 is 29.0 Å². The second-order valence-corrected chi connectivity index (χ2v) is 6.24. The van der Waals surface area contributed by atoms with E-state index in [1.807, 2.05) is 0 Å². The Hall–Kier alpha value is -3.75. The Morgan fingerprint density at radius 3 is 2.14 bits per heavy atom. The number of hydrogen-bond donors (Lipinski definition) is 0. The van der Waals surface area contributed by atoms with Crippen molar-refractivity contribution < 1.29 is 14.6 Å². The lowest BCUT2D eigenvalue weighted by molar-refractivity contribution is -0.385. The van der Waals surface area contributed by atoms with Gasteiger partial charge in [0.05, 0.1) is 15.4 Å². The van der Waals surface area contributed by atoms with Crippen LogP contribution in [0.2, 0.25) is 0 Å². The first kappa shape index (κ1) is 19.0. The molecule has 28 heavy (non-hydrogen) atoms. The Kier molecular flexibility index (Phi) is 5.64. The van der Waals surface area contributed by atoms with Crippen molar-refractivity contribution in [1.82, 2.24) is 4.90 Å². The van der Waals surface area contributed by atoms with Crippen LogP contribution in [0.3, 0.4) is 0 Å². The molecule has 144 valence electrons. The van der Waals surface area contributed by atoms with Crippen LogP contribution >= 0.6 is 0 Å². The maximum Gasteiger partial charge on any atom is 0.276 e. The maximum absolute atomic E-state index is 12.4. The van der Waals surface area contributed by atoms with E-state index in [1.165, 1.54) is 30.4 Å². The minimum absolute atomic E-state index is 0.0395. The summed E-state index contributed by atoms with van der Waals surface area (Å²) in [5, 5.41) is 21.8. The van der Waals surface area contributed by atoms with E-state index in [-0.39, 0.29) is 17.3 Å². The van der Waals surface area contributed by atoms with E-state index in [2.05, 4.69) is 4.90 Å². The van der Waals surface area contributed by atoms with Gasteiger partial charge in [0, 0.05) is 56.1 Å². The number of rotatable bonds is 5. The number of hydrogen-bond acceptors (Lipinski definition) is 6. The number of carbonyl (C=O) groups excluding carboxylic acids is 1. The molecule has 2 aromatic rings. The first-order chi connectivity index (χ1) is 13.5. The van der Waals surface area contributed by atoms with Crippen molar-refractivity contribution in [3.05, 3.63) is 80.4 Å². The summed E-state index contributed by atoms with van der Waals surface area (Å²) in [6.07, 6.45) is 2.81. The van der Waals surface area contributed by atoms with Gasteiger partial charge in [-0.1, -0.05) is 12.1 Å². The molecule has 0 saturated carbocycles. The predicted octanol–water partition coefficient (Wildman–Crippen LogP) is 2.87. The van der Waals surface area contributed by atoms with Crippen LogP contribution in [0.15, 0.2) is 54.6 Å². The average molecular weight is 382 g/mol. The number of para-hydroxylation sites is 1. The SMILES string of the molecule is O=C(/C=C/c1ccccc1[N+](=O)[O-])N1CCN(c2ccc([N+](=O)[O-])cc2)CC1. The van der Waals surface area contributed by atoms with Crippen LogP contribution < -0.4 is 4.90 Å². The smallest absolute Gasteiger partial charge is 0.276 e. The fraction of sp³-hybridized carbons (Fsp3) is 0.211. The third-order valence-corrected chi connectivity index (χ3v) is 4.56. The van der Waals surface area contributed by atoms with Crippen molar-refractivity contribution in [1.29, 1.82) is 0 Å². The first-order valence-corrected chi connectivity index (χ1v) is 8.65. The third-order valence-electron chi connectivity index (χ3n) is 4.56. The van der Waals surface area contributed by atoms with Crippen molar-refractivity contribution in [2.45, 2.75) is 0 Å². The van der Waals surface area contributed by atoms with Crippen molar-refractivity contribution in [3.63, 3.8) is 0 Å². The predicted molar refractivity (Wildman–Crippen MR) is 104 cm³/mol. The van der Waals surface area contributed by atoms with E-state index in [4.69, 9.17) is 0 Å². The summed E-state index contributed by atoms with van der Waals surface area (Å²) in [6, 6.07) is 12.6. The van der Waals surface area contributed by atoms with Crippen LogP contribution in [-0.2, 0) is 4.79 Å².